The molecular weight excluding hydrogens is 230 g/mol. The second-order valence-corrected chi connectivity index (χ2v) is 4.25. The molecule has 1 saturated heterocycles. The molecule has 16 heavy (non-hydrogen) atoms. The molecule has 0 aromatic heterocycles. The normalized spacial score (nSPS) is 23.1. The van der Waals surface area contributed by atoms with E-state index in [2.05, 4.69) is 5.32 Å². The van der Waals surface area contributed by atoms with Gasteiger partial charge in [-0.1, -0.05) is 0 Å². The third kappa shape index (κ3) is 4.68. The van der Waals surface area contributed by atoms with Gasteiger partial charge < -0.3 is 14.8 Å². The number of hydrogen-bond acceptors (Lipinski definition) is 3. The van der Waals surface area contributed by atoms with Crippen LogP contribution in [0.4, 0.5) is 0 Å². The van der Waals surface area contributed by atoms with Gasteiger partial charge in [-0.25, -0.2) is 0 Å². The van der Waals surface area contributed by atoms with Crippen LogP contribution in [0.5, 0.6) is 0 Å². The fraction of sp³-hybridized carbons (Fsp3) is 0.818. The zero-order valence-corrected chi connectivity index (χ0v) is 10.5. The largest absolute Gasteiger partial charge is 0.353 e. The fourth-order valence-electron chi connectivity index (χ4n) is 1.61. The first-order chi connectivity index (χ1) is 7.63. The quantitative estimate of drug-likeness (QED) is 0.755. The summed E-state index contributed by atoms with van der Waals surface area (Å²) in [4.78, 5) is 10.9. The van der Waals surface area contributed by atoms with Crippen molar-refractivity contribution in [2.75, 3.05) is 12.5 Å². The lowest BCUT2D eigenvalue weighted by Gasteiger charge is -2.29. The number of halogens is 1. The van der Waals surface area contributed by atoms with Gasteiger partial charge in [0.15, 0.2) is 6.29 Å². The maximum absolute atomic E-state index is 10.9. The molecule has 1 N–H and O–H groups in total. The Bertz CT molecular complexity index is 219. The summed E-state index contributed by atoms with van der Waals surface area (Å²) in [5.74, 6) is 0.201. The molecule has 1 heterocycles. The molecule has 1 fully saturated rings. The van der Waals surface area contributed by atoms with Crippen LogP contribution in [0, 0.1) is 6.04 Å². The van der Waals surface area contributed by atoms with Crippen LogP contribution >= 0.6 is 11.6 Å². The molecule has 2 atom stereocenters. The molecule has 1 radical (unpaired) electrons. The van der Waals surface area contributed by atoms with E-state index in [1.165, 1.54) is 6.92 Å². The Kier molecular flexibility index (Phi) is 6.09. The number of alkyl halides is 1. The van der Waals surface area contributed by atoms with Gasteiger partial charge in [-0.05, 0) is 26.2 Å². The summed E-state index contributed by atoms with van der Waals surface area (Å²) < 4.78 is 11.2. The summed E-state index contributed by atoms with van der Waals surface area (Å²) in [6, 6.07) is 0.733. The van der Waals surface area contributed by atoms with Crippen molar-refractivity contribution in [2.24, 2.45) is 0 Å². The molecule has 0 aromatic carbocycles. The van der Waals surface area contributed by atoms with Crippen LogP contribution in [0.3, 0.4) is 0 Å². The number of carbonyl (C=O) groups is 1. The van der Waals surface area contributed by atoms with E-state index in [0.29, 0.717) is 5.88 Å². The highest BCUT2D eigenvalue weighted by Gasteiger charge is 2.24. The molecule has 4 nitrogen and oxygen atoms in total. The Morgan fingerprint density at radius 1 is 1.56 bits per heavy atom. The Balaban J connectivity index is 2.37. The van der Waals surface area contributed by atoms with Crippen molar-refractivity contribution in [1.29, 1.82) is 0 Å². The molecule has 0 aromatic rings. The molecule has 0 saturated carbocycles. The van der Waals surface area contributed by atoms with Crippen LogP contribution in [0.2, 0.25) is 0 Å². The van der Waals surface area contributed by atoms with Crippen molar-refractivity contribution >= 4 is 17.5 Å². The maximum Gasteiger partial charge on any atom is 0.217 e. The fourth-order valence-corrected chi connectivity index (χ4v) is 1.92. The van der Waals surface area contributed by atoms with Gasteiger partial charge in [0.2, 0.25) is 5.91 Å². The zero-order chi connectivity index (χ0) is 12.0. The second-order valence-electron chi connectivity index (χ2n) is 3.94. The third-order valence-corrected chi connectivity index (χ3v) is 2.73. The van der Waals surface area contributed by atoms with Crippen LogP contribution in [-0.2, 0) is 14.3 Å². The minimum absolute atomic E-state index is 0.110. The molecule has 1 unspecified atom stereocenters. The number of ether oxygens (including phenoxy) is 2. The minimum Gasteiger partial charge on any atom is -0.353 e. The van der Waals surface area contributed by atoms with Crippen molar-refractivity contribution in [3.05, 3.63) is 6.04 Å². The Labute approximate surface area is 102 Å². The molecule has 0 spiro atoms. The Morgan fingerprint density at radius 2 is 2.31 bits per heavy atom. The number of amides is 1. The van der Waals surface area contributed by atoms with E-state index in [0.717, 1.165) is 31.9 Å². The molecule has 1 amide bonds. The van der Waals surface area contributed by atoms with E-state index in [1.807, 2.05) is 0 Å². The summed E-state index contributed by atoms with van der Waals surface area (Å²) in [7, 11) is 0. The summed E-state index contributed by atoms with van der Waals surface area (Å²) in [5, 5.41) is 2.70. The number of rotatable bonds is 5. The van der Waals surface area contributed by atoms with Gasteiger partial charge in [0.25, 0.3) is 0 Å². The van der Waals surface area contributed by atoms with Crippen LogP contribution in [0.1, 0.15) is 33.1 Å². The monoisotopic (exact) mass is 248 g/mol. The minimum atomic E-state index is -0.284. The van der Waals surface area contributed by atoms with E-state index >= 15 is 0 Å². The van der Waals surface area contributed by atoms with Gasteiger partial charge in [-0.15, -0.1) is 11.6 Å². The summed E-state index contributed by atoms with van der Waals surface area (Å²) in [6.45, 7) is 4.00. The van der Waals surface area contributed by atoms with E-state index < -0.39 is 0 Å². The van der Waals surface area contributed by atoms with E-state index in [9.17, 15) is 4.79 Å². The molecule has 5 heteroatoms. The molecule has 93 valence electrons. The Morgan fingerprint density at radius 3 is 2.81 bits per heavy atom. The lowest BCUT2D eigenvalue weighted by Crippen LogP contribution is -2.39. The van der Waals surface area contributed by atoms with E-state index in [1.54, 1.807) is 6.92 Å². The standard InChI is InChI=1S/C11H19ClNO3/c1-8(13-9(2)14)10(7-12)16-11-5-3-4-6-15-11/h10-11H,3-7H2,1-2H3,(H,13,14)/t10-,11?/m1/s1. The van der Waals surface area contributed by atoms with Crippen LogP contribution in [0.25, 0.3) is 0 Å². The Hall–Kier alpha value is -0.320. The highest BCUT2D eigenvalue weighted by atomic mass is 35.5. The van der Waals surface area contributed by atoms with Crippen LogP contribution in [0.15, 0.2) is 0 Å². The number of hydrogen-bond donors (Lipinski definition) is 1. The first-order valence-corrected chi connectivity index (χ1v) is 6.11. The second kappa shape index (κ2) is 7.09. The smallest absolute Gasteiger partial charge is 0.217 e. The number of nitrogens with one attached hydrogen (secondary N) is 1. The molecule has 1 aliphatic heterocycles. The van der Waals surface area contributed by atoms with Crippen molar-refractivity contribution < 1.29 is 14.3 Å². The van der Waals surface area contributed by atoms with E-state index in [-0.39, 0.29) is 18.3 Å². The van der Waals surface area contributed by atoms with Gasteiger partial charge in [-0.2, -0.15) is 0 Å². The predicted molar refractivity (Wildman–Crippen MR) is 61.9 cm³/mol. The summed E-state index contributed by atoms with van der Waals surface area (Å²) in [6.07, 6.45) is 2.61. The van der Waals surface area contributed by atoms with Crippen molar-refractivity contribution in [3.63, 3.8) is 0 Å². The summed E-state index contributed by atoms with van der Waals surface area (Å²) in [5.41, 5.74) is 0. The molecule has 0 bridgehead atoms. The average molecular weight is 249 g/mol. The summed E-state index contributed by atoms with van der Waals surface area (Å²) >= 11 is 5.81. The lowest BCUT2D eigenvalue weighted by atomic mass is 10.2. The highest BCUT2D eigenvalue weighted by molar-refractivity contribution is 6.18. The maximum atomic E-state index is 10.9. The van der Waals surface area contributed by atoms with Gasteiger partial charge in [-0.3, -0.25) is 4.79 Å². The SMILES string of the molecule is C[C](NC(C)=O)[C@@H](CCl)OC1CCCCO1. The van der Waals surface area contributed by atoms with Crippen LogP contribution in [-0.4, -0.2) is 30.8 Å². The molecular formula is C11H19ClNO3. The molecule has 1 rings (SSSR count). The van der Waals surface area contributed by atoms with Crippen molar-refractivity contribution in [2.45, 2.75) is 45.5 Å². The highest BCUT2D eigenvalue weighted by Crippen LogP contribution is 2.19. The van der Waals surface area contributed by atoms with Gasteiger partial charge in [0.05, 0.1) is 18.0 Å². The van der Waals surface area contributed by atoms with Crippen molar-refractivity contribution in [3.8, 4) is 0 Å². The van der Waals surface area contributed by atoms with Crippen molar-refractivity contribution in [1.82, 2.24) is 5.32 Å². The topological polar surface area (TPSA) is 47.6 Å². The van der Waals surface area contributed by atoms with Gasteiger partial charge in [0, 0.05) is 13.5 Å². The lowest BCUT2D eigenvalue weighted by molar-refractivity contribution is -0.181. The average Bonchev–Trinajstić information content (AvgIpc) is 2.26. The number of carbonyl (C=O) groups excluding carboxylic acids is 1. The van der Waals surface area contributed by atoms with Gasteiger partial charge in [0.1, 0.15) is 0 Å². The van der Waals surface area contributed by atoms with Gasteiger partial charge >= 0.3 is 0 Å². The third-order valence-electron chi connectivity index (χ3n) is 2.45. The van der Waals surface area contributed by atoms with E-state index in [4.69, 9.17) is 21.1 Å². The zero-order valence-electron chi connectivity index (χ0n) is 9.79. The predicted octanol–water partition coefficient (Wildman–Crippen LogP) is 1.82. The first-order valence-electron chi connectivity index (χ1n) is 5.57. The molecule has 1 aliphatic rings. The first kappa shape index (κ1) is 13.7. The van der Waals surface area contributed by atoms with Crippen LogP contribution < -0.4 is 5.32 Å². The molecule has 0 aliphatic carbocycles.